The van der Waals surface area contributed by atoms with Crippen molar-refractivity contribution in [3.8, 4) is 5.75 Å². The zero-order valence-corrected chi connectivity index (χ0v) is 18.9. The van der Waals surface area contributed by atoms with E-state index in [1.807, 2.05) is 69.0 Å². The number of rotatable bonds is 7. The largest absolute Gasteiger partial charge is 0.497 e. The van der Waals surface area contributed by atoms with Gasteiger partial charge in [-0.25, -0.2) is 0 Å². The molecule has 0 radical (unpaired) electrons. The van der Waals surface area contributed by atoms with Crippen LogP contribution in [0.1, 0.15) is 75.4 Å². The fourth-order valence-corrected chi connectivity index (χ4v) is 3.41. The second-order valence-electron chi connectivity index (χ2n) is 7.37. The number of ether oxygens (including phenoxy) is 1. The summed E-state index contributed by atoms with van der Waals surface area (Å²) >= 11 is 0. The monoisotopic (exact) mass is 383 g/mol. The molecule has 0 aliphatic carbocycles. The van der Waals surface area contributed by atoms with E-state index in [4.69, 9.17) is 4.74 Å². The third kappa shape index (κ3) is 6.12. The van der Waals surface area contributed by atoms with E-state index in [0.717, 1.165) is 29.0 Å². The Morgan fingerprint density at radius 1 is 1.04 bits per heavy atom. The van der Waals surface area contributed by atoms with Gasteiger partial charge in [0.15, 0.2) is 0 Å². The summed E-state index contributed by atoms with van der Waals surface area (Å²) in [5, 5.41) is 0. The molecule has 154 valence electrons. The van der Waals surface area contributed by atoms with Crippen LogP contribution in [0.5, 0.6) is 5.75 Å². The number of benzene rings is 2. The first kappa shape index (κ1) is 23.7. The third-order valence-corrected chi connectivity index (χ3v) is 4.74. The summed E-state index contributed by atoms with van der Waals surface area (Å²) in [5.74, 6) is 1.81. The second-order valence-corrected chi connectivity index (χ2v) is 7.37. The molecule has 0 aliphatic heterocycles. The minimum Gasteiger partial charge on any atom is -0.497 e. The van der Waals surface area contributed by atoms with Crippen molar-refractivity contribution in [3.05, 3.63) is 59.2 Å². The number of carbonyl (C=O) groups is 1. The van der Waals surface area contributed by atoms with Crippen LogP contribution in [-0.4, -0.2) is 19.6 Å². The number of carbonyl (C=O) groups excluding carboxylic acids is 1. The van der Waals surface area contributed by atoms with Crippen LogP contribution in [0.15, 0.2) is 42.5 Å². The molecule has 28 heavy (non-hydrogen) atoms. The Bertz CT molecular complexity index is 735. The Morgan fingerprint density at radius 3 is 2.14 bits per heavy atom. The molecule has 0 spiro atoms. The molecular formula is C25H37NO2. The molecule has 0 N–H and O–H groups in total. The van der Waals surface area contributed by atoms with Gasteiger partial charge in [-0.05, 0) is 68.0 Å². The highest BCUT2D eigenvalue weighted by molar-refractivity contribution is 6.06. The van der Waals surface area contributed by atoms with Crippen molar-refractivity contribution in [3.63, 3.8) is 0 Å². The minimum absolute atomic E-state index is 0.0377. The van der Waals surface area contributed by atoms with Crippen LogP contribution in [0, 0.1) is 12.8 Å². The maximum absolute atomic E-state index is 13.1. The molecule has 0 heterocycles. The Kier molecular flexibility index (Phi) is 9.78. The third-order valence-electron chi connectivity index (χ3n) is 4.74. The zero-order chi connectivity index (χ0) is 21.3. The molecule has 3 nitrogen and oxygen atoms in total. The summed E-state index contributed by atoms with van der Waals surface area (Å²) in [6.07, 6.45) is 1.07. The van der Waals surface area contributed by atoms with Crippen molar-refractivity contribution in [2.75, 3.05) is 18.6 Å². The molecule has 1 atom stereocenters. The fraction of sp³-hybridized carbons (Fsp3) is 0.480. The van der Waals surface area contributed by atoms with Gasteiger partial charge in [0.25, 0.3) is 5.91 Å². The normalized spacial score (nSPS) is 11.5. The number of methoxy groups -OCH3 is 1. The molecule has 2 aromatic rings. The number of hydrogen-bond donors (Lipinski definition) is 0. The van der Waals surface area contributed by atoms with Gasteiger partial charge in [-0.2, -0.15) is 0 Å². The van der Waals surface area contributed by atoms with E-state index in [-0.39, 0.29) is 5.91 Å². The lowest BCUT2D eigenvalue weighted by molar-refractivity contribution is 0.0988. The highest BCUT2D eigenvalue weighted by Crippen LogP contribution is 2.35. The van der Waals surface area contributed by atoms with Crippen molar-refractivity contribution >= 4 is 11.6 Å². The van der Waals surface area contributed by atoms with Gasteiger partial charge < -0.3 is 9.64 Å². The van der Waals surface area contributed by atoms with Gasteiger partial charge in [-0.3, -0.25) is 4.79 Å². The van der Waals surface area contributed by atoms with E-state index in [9.17, 15) is 4.79 Å². The maximum atomic E-state index is 13.1. The van der Waals surface area contributed by atoms with Gasteiger partial charge in [0.2, 0.25) is 0 Å². The summed E-state index contributed by atoms with van der Waals surface area (Å²) in [7, 11) is 1.68. The molecule has 0 bridgehead atoms. The SMILES string of the molecule is CC.CCN(C(=O)c1ccc(C)cc1)c1ccc(OC)cc1C(C)CC(C)C. The van der Waals surface area contributed by atoms with Crippen molar-refractivity contribution in [1.29, 1.82) is 0 Å². The highest BCUT2D eigenvalue weighted by atomic mass is 16.5. The molecule has 0 fully saturated rings. The van der Waals surface area contributed by atoms with E-state index < -0.39 is 0 Å². The second kappa shape index (κ2) is 11.5. The average molecular weight is 384 g/mol. The molecule has 2 rings (SSSR count). The highest BCUT2D eigenvalue weighted by Gasteiger charge is 2.22. The quantitative estimate of drug-likeness (QED) is 0.523. The predicted octanol–water partition coefficient (Wildman–Crippen LogP) is 6.85. The summed E-state index contributed by atoms with van der Waals surface area (Å²) in [6.45, 7) is 15.4. The molecule has 0 saturated heterocycles. The number of amides is 1. The van der Waals surface area contributed by atoms with Crippen LogP contribution in [0.4, 0.5) is 5.69 Å². The fourth-order valence-electron chi connectivity index (χ4n) is 3.41. The van der Waals surface area contributed by atoms with Crippen LogP contribution in [0.2, 0.25) is 0 Å². The Morgan fingerprint density at radius 2 is 1.64 bits per heavy atom. The number of aryl methyl sites for hydroxylation is 1. The van der Waals surface area contributed by atoms with Crippen LogP contribution in [-0.2, 0) is 0 Å². The summed E-state index contributed by atoms with van der Waals surface area (Å²) in [4.78, 5) is 15.0. The lowest BCUT2D eigenvalue weighted by Crippen LogP contribution is -2.31. The van der Waals surface area contributed by atoms with E-state index in [1.54, 1.807) is 7.11 Å². The Labute approximate surface area is 171 Å². The van der Waals surface area contributed by atoms with E-state index >= 15 is 0 Å². The Hall–Kier alpha value is -2.29. The first-order valence-corrected chi connectivity index (χ1v) is 10.4. The standard InChI is InChI=1S/C23H31NO2.C2H6/c1-7-24(23(25)19-10-8-17(4)9-11-19)22-13-12-20(26-6)15-21(22)18(5)14-16(2)3;1-2/h8-13,15-16,18H,7,14H2,1-6H3;1-2H3. The lowest BCUT2D eigenvalue weighted by atomic mass is 9.90. The molecule has 1 unspecified atom stereocenters. The maximum Gasteiger partial charge on any atom is 0.258 e. The molecule has 3 heteroatoms. The van der Waals surface area contributed by atoms with E-state index in [2.05, 4.69) is 26.8 Å². The first-order valence-electron chi connectivity index (χ1n) is 10.4. The first-order chi connectivity index (χ1) is 13.4. The molecule has 2 aromatic carbocycles. The summed E-state index contributed by atoms with van der Waals surface area (Å²) in [5.41, 5.74) is 4.02. The van der Waals surface area contributed by atoms with Gasteiger partial charge in [0, 0.05) is 17.8 Å². The molecular weight excluding hydrogens is 346 g/mol. The number of anilines is 1. The van der Waals surface area contributed by atoms with Gasteiger partial charge in [-0.15, -0.1) is 0 Å². The van der Waals surface area contributed by atoms with Gasteiger partial charge >= 0.3 is 0 Å². The van der Waals surface area contributed by atoms with E-state index in [0.29, 0.717) is 18.4 Å². The Balaban J connectivity index is 0.00000190. The van der Waals surface area contributed by atoms with Crippen molar-refractivity contribution < 1.29 is 9.53 Å². The van der Waals surface area contributed by atoms with Crippen LogP contribution in [0.3, 0.4) is 0 Å². The molecule has 1 amide bonds. The van der Waals surface area contributed by atoms with Gasteiger partial charge in [0.05, 0.1) is 7.11 Å². The van der Waals surface area contributed by atoms with Crippen LogP contribution >= 0.6 is 0 Å². The zero-order valence-electron chi connectivity index (χ0n) is 18.9. The van der Waals surface area contributed by atoms with Gasteiger partial charge in [-0.1, -0.05) is 52.3 Å². The van der Waals surface area contributed by atoms with Crippen molar-refractivity contribution in [2.24, 2.45) is 5.92 Å². The van der Waals surface area contributed by atoms with Crippen molar-refractivity contribution in [1.82, 2.24) is 0 Å². The minimum atomic E-state index is 0.0377. The molecule has 0 aromatic heterocycles. The summed E-state index contributed by atoms with van der Waals surface area (Å²) < 4.78 is 5.43. The average Bonchev–Trinajstić information content (AvgIpc) is 2.70. The van der Waals surface area contributed by atoms with Gasteiger partial charge in [0.1, 0.15) is 5.75 Å². The topological polar surface area (TPSA) is 29.5 Å². The lowest BCUT2D eigenvalue weighted by Gasteiger charge is -2.27. The molecule has 0 saturated carbocycles. The smallest absolute Gasteiger partial charge is 0.258 e. The predicted molar refractivity (Wildman–Crippen MR) is 121 cm³/mol. The number of hydrogen-bond acceptors (Lipinski definition) is 2. The van der Waals surface area contributed by atoms with Crippen LogP contribution in [0.25, 0.3) is 0 Å². The van der Waals surface area contributed by atoms with E-state index in [1.165, 1.54) is 5.56 Å². The molecule has 0 aliphatic rings. The number of nitrogens with zero attached hydrogens (tertiary/aromatic N) is 1. The summed E-state index contributed by atoms with van der Waals surface area (Å²) in [6, 6.07) is 13.8. The van der Waals surface area contributed by atoms with Crippen molar-refractivity contribution in [2.45, 2.75) is 60.8 Å². The van der Waals surface area contributed by atoms with Crippen LogP contribution < -0.4 is 9.64 Å².